The molecule has 41 heavy (non-hydrogen) atoms. The van der Waals surface area contributed by atoms with E-state index in [4.69, 9.17) is 18.9 Å². The highest BCUT2D eigenvalue weighted by Gasteiger charge is 2.44. The van der Waals surface area contributed by atoms with Gasteiger partial charge in [0.05, 0.1) is 25.4 Å². The number of carbonyl (C=O) groups is 1. The second-order valence-electron chi connectivity index (χ2n) is 10.7. The predicted molar refractivity (Wildman–Crippen MR) is 148 cm³/mol. The van der Waals surface area contributed by atoms with Gasteiger partial charge in [0.1, 0.15) is 30.5 Å². The first kappa shape index (κ1) is 33.3. The fourth-order valence-electron chi connectivity index (χ4n) is 4.75. The van der Waals surface area contributed by atoms with Crippen LogP contribution in [-0.4, -0.2) is 105 Å². The molecule has 0 aromatic rings. The molecule has 0 saturated carbocycles. The van der Waals surface area contributed by atoms with Crippen LogP contribution in [0.5, 0.6) is 0 Å². The predicted octanol–water partition coefficient (Wildman–Crippen LogP) is 0.934. The van der Waals surface area contributed by atoms with E-state index in [2.05, 4.69) is 0 Å². The van der Waals surface area contributed by atoms with E-state index in [1.807, 2.05) is 18.2 Å². The molecule has 0 radical (unpaired) electrons. The molecule has 6 N–H and O–H groups in total. The summed E-state index contributed by atoms with van der Waals surface area (Å²) >= 11 is 0. The van der Waals surface area contributed by atoms with Crippen LogP contribution in [0, 0.1) is 5.92 Å². The summed E-state index contributed by atoms with van der Waals surface area (Å²) in [5.41, 5.74) is 0. The third-order valence-electron chi connectivity index (χ3n) is 7.26. The number of ether oxygens (including phenoxy) is 4. The molecule has 0 aromatic heterocycles. The van der Waals surface area contributed by atoms with Crippen LogP contribution >= 0.6 is 0 Å². The zero-order valence-corrected chi connectivity index (χ0v) is 23.4. The molecule has 2 fully saturated rings. The zero-order valence-electron chi connectivity index (χ0n) is 23.4. The van der Waals surface area contributed by atoms with E-state index < -0.39 is 61.3 Å². The summed E-state index contributed by atoms with van der Waals surface area (Å²) < 4.78 is 22.4. The Bertz CT molecular complexity index is 958. The summed E-state index contributed by atoms with van der Waals surface area (Å²) in [4.78, 5) is 12.1. The van der Waals surface area contributed by atoms with E-state index in [1.54, 1.807) is 43.4 Å². The Balaban J connectivity index is 1.71. The molecule has 230 valence electrons. The van der Waals surface area contributed by atoms with Gasteiger partial charge in [0, 0.05) is 24.8 Å². The van der Waals surface area contributed by atoms with Crippen molar-refractivity contribution in [3.63, 3.8) is 0 Å². The number of aliphatic hydroxyl groups excluding tert-OH is 5. The third-order valence-corrected chi connectivity index (χ3v) is 7.26. The molecule has 10 atom stereocenters. The molecule has 0 amide bonds. The van der Waals surface area contributed by atoms with Crippen LogP contribution in [0.15, 0.2) is 60.8 Å². The third kappa shape index (κ3) is 10.5. The monoisotopic (exact) mass is 580 g/mol. The molecule has 3 rings (SSSR count). The highest BCUT2D eigenvalue weighted by Crippen LogP contribution is 2.31. The van der Waals surface area contributed by atoms with Gasteiger partial charge in [0.25, 0.3) is 0 Å². The fourth-order valence-corrected chi connectivity index (χ4v) is 4.75. The van der Waals surface area contributed by atoms with Crippen LogP contribution in [0.1, 0.15) is 45.4 Å². The lowest BCUT2D eigenvalue weighted by Gasteiger charge is -2.39. The van der Waals surface area contributed by atoms with Gasteiger partial charge in [-0.2, -0.15) is 0 Å². The maximum Gasteiger partial charge on any atom is 0.331 e. The summed E-state index contributed by atoms with van der Waals surface area (Å²) in [6, 6.07) is 0. The van der Waals surface area contributed by atoms with Crippen LogP contribution in [0.4, 0.5) is 0 Å². The summed E-state index contributed by atoms with van der Waals surface area (Å²) in [5.74, 6) is -2.11. The minimum absolute atomic E-state index is 0.0690. The van der Waals surface area contributed by atoms with Crippen molar-refractivity contribution in [2.45, 2.75) is 100 Å². The van der Waals surface area contributed by atoms with Crippen LogP contribution in [0.2, 0.25) is 0 Å². The van der Waals surface area contributed by atoms with Gasteiger partial charge in [-0.15, -0.1) is 0 Å². The molecule has 11 heteroatoms. The normalized spacial score (nSPS) is 43.6. The van der Waals surface area contributed by atoms with Crippen molar-refractivity contribution in [2.24, 2.45) is 5.92 Å². The first-order valence-corrected chi connectivity index (χ1v) is 14.2. The van der Waals surface area contributed by atoms with E-state index in [0.717, 1.165) is 0 Å². The number of rotatable bonds is 4. The van der Waals surface area contributed by atoms with E-state index in [-0.39, 0.29) is 31.5 Å². The summed E-state index contributed by atoms with van der Waals surface area (Å²) in [6.07, 6.45) is 11.3. The zero-order chi connectivity index (χ0) is 29.8. The van der Waals surface area contributed by atoms with Crippen molar-refractivity contribution >= 4 is 5.97 Å². The molecule has 3 heterocycles. The molecule has 0 aromatic carbocycles. The average Bonchev–Trinajstić information content (AvgIpc) is 2.94. The van der Waals surface area contributed by atoms with Gasteiger partial charge in [0.2, 0.25) is 0 Å². The fraction of sp³-hybridized carbons (Fsp3) is 0.633. The quantitative estimate of drug-likeness (QED) is 0.206. The topological polar surface area (TPSA) is 175 Å². The molecule has 0 spiro atoms. The Morgan fingerprint density at radius 1 is 0.976 bits per heavy atom. The molecule has 1 unspecified atom stereocenters. The number of cyclic esters (lactones) is 1. The Morgan fingerprint density at radius 2 is 1.76 bits per heavy atom. The number of hydrogen-bond acceptors (Lipinski definition) is 11. The lowest BCUT2D eigenvalue weighted by atomic mass is 9.95. The number of allylic oxidation sites excluding steroid dienone is 6. The SMILES string of the molecule is CC1CC/C=C\[C@@H]2O[C@](O)(C/C=C\C=C/[C@H](CO[C@@H]3O[C@H](CO)[C@@H](O)[C@H](O)[C@H]3O)C/C=C\C=C/C(=O)O1)CC[C@@H]2O. The van der Waals surface area contributed by atoms with Gasteiger partial charge in [-0.25, -0.2) is 4.79 Å². The number of fused-ring (bicyclic) bond motifs is 2. The standard InChI is InChI=1S/C30H44O11/c1-20-10-7-8-13-23-22(32)15-17-30(37,41-23)16-9-3-5-12-21(11-4-2-6-14-25(33)39-20)19-38-29-28(36)27(35)26(34)24(18-31)40-29/h2-6,8-9,12-14,20-24,26-29,31-32,34-37H,7,10-11,15-19H2,1H3/b4-2-,9-3-,12-5-,13-8-,14-6-/t20?,21-,22+,23+,24-,26-,27+,28-,29-,30-/m1/s1. The summed E-state index contributed by atoms with van der Waals surface area (Å²) in [7, 11) is 0. The Kier molecular flexibility index (Phi) is 13.4. The summed E-state index contributed by atoms with van der Waals surface area (Å²) in [5, 5.41) is 61.0. The highest BCUT2D eigenvalue weighted by molar-refractivity contribution is 5.82. The maximum absolute atomic E-state index is 12.1. The molecule has 3 aliphatic heterocycles. The Labute approximate surface area is 240 Å². The van der Waals surface area contributed by atoms with Crippen LogP contribution in [0.3, 0.4) is 0 Å². The largest absolute Gasteiger partial charge is 0.460 e. The minimum atomic E-state index is -1.54. The van der Waals surface area contributed by atoms with E-state index >= 15 is 0 Å². The molecular formula is C30H44O11. The molecule has 11 nitrogen and oxygen atoms in total. The molecular weight excluding hydrogens is 536 g/mol. The molecule has 0 aliphatic carbocycles. The maximum atomic E-state index is 12.1. The van der Waals surface area contributed by atoms with Gasteiger partial charge in [-0.3, -0.25) is 0 Å². The van der Waals surface area contributed by atoms with E-state index in [0.29, 0.717) is 25.7 Å². The van der Waals surface area contributed by atoms with E-state index in [9.17, 15) is 35.4 Å². The Hall–Kier alpha value is -2.19. The first-order valence-electron chi connectivity index (χ1n) is 14.2. The Morgan fingerprint density at radius 3 is 2.54 bits per heavy atom. The lowest BCUT2D eigenvalue weighted by Crippen LogP contribution is -2.59. The van der Waals surface area contributed by atoms with Crippen molar-refractivity contribution < 1.29 is 54.4 Å². The van der Waals surface area contributed by atoms with Gasteiger partial charge in [-0.1, -0.05) is 54.7 Å². The van der Waals surface area contributed by atoms with Crippen LogP contribution in [0.25, 0.3) is 0 Å². The highest BCUT2D eigenvalue weighted by atomic mass is 16.7. The smallest absolute Gasteiger partial charge is 0.331 e. The van der Waals surface area contributed by atoms with Crippen molar-refractivity contribution in [1.82, 2.24) is 0 Å². The molecule has 3 aliphatic rings. The van der Waals surface area contributed by atoms with Crippen molar-refractivity contribution in [1.29, 1.82) is 0 Å². The van der Waals surface area contributed by atoms with Gasteiger partial charge in [0.15, 0.2) is 12.1 Å². The second kappa shape index (κ2) is 16.4. The van der Waals surface area contributed by atoms with Gasteiger partial charge >= 0.3 is 5.97 Å². The first-order chi connectivity index (χ1) is 19.6. The van der Waals surface area contributed by atoms with Crippen LogP contribution in [-0.2, 0) is 23.7 Å². The number of hydrogen-bond donors (Lipinski definition) is 6. The number of aliphatic hydroxyl groups is 6. The minimum Gasteiger partial charge on any atom is -0.460 e. The van der Waals surface area contributed by atoms with Gasteiger partial charge in [-0.05, 0) is 32.6 Å². The van der Waals surface area contributed by atoms with Crippen molar-refractivity contribution in [3.05, 3.63) is 60.8 Å². The number of esters is 1. The lowest BCUT2D eigenvalue weighted by molar-refractivity contribution is -0.302. The summed E-state index contributed by atoms with van der Waals surface area (Å²) in [6.45, 7) is 1.31. The van der Waals surface area contributed by atoms with Crippen molar-refractivity contribution in [2.75, 3.05) is 13.2 Å². The van der Waals surface area contributed by atoms with Crippen molar-refractivity contribution in [3.8, 4) is 0 Å². The second-order valence-corrected chi connectivity index (χ2v) is 10.7. The molecule has 2 saturated heterocycles. The number of carbonyl (C=O) groups excluding carboxylic acids is 1. The van der Waals surface area contributed by atoms with Crippen LogP contribution < -0.4 is 0 Å². The van der Waals surface area contributed by atoms with Gasteiger partial charge < -0.3 is 49.6 Å². The molecule has 2 bridgehead atoms. The average molecular weight is 581 g/mol. The van der Waals surface area contributed by atoms with E-state index in [1.165, 1.54) is 6.08 Å².